The Hall–Kier alpha value is -4.86. The molecule has 10 heteroatoms. The van der Waals surface area contributed by atoms with E-state index in [1.54, 1.807) is 31.0 Å². The fraction of sp³-hybridized carbons (Fsp3) is 0.290. The van der Waals surface area contributed by atoms with Crippen LogP contribution in [0.5, 0.6) is 17.2 Å². The number of carbonyl (C=O) groups excluding carboxylic acids is 1. The number of ether oxygens (including phenoxy) is 3. The van der Waals surface area contributed by atoms with Gasteiger partial charge in [-0.25, -0.2) is 0 Å². The second-order valence-electron chi connectivity index (χ2n) is 10.8. The molecule has 2 heterocycles. The maximum atomic E-state index is 13.7. The van der Waals surface area contributed by atoms with Crippen molar-refractivity contribution in [3.63, 3.8) is 0 Å². The Kier molecular flexibility index (Phi) is 7.65. The van der Waals surface area contributed by atoms with Crippen molar-refractivity contribution in [2.75, 3.05) is 24.9 Å². The smallest absolute Gasteiger partial charge is 0.255 e. The summed E-state index contributed by atoms with van der Waals surface area (Å²) in [5, 5.41) is 18.2. The van der Waals surface area contributed by atoms with Gasteiger partial charge in [0, 0.05) is 5.70 Å². The number of anilines is 2. The van der Waals surface area contributed by atoms with E-state index in [9.17, 15) is 4.79 Å². The number of rotatable bonds is 8. The second-order valence-corrected chi connectivity index (χ2v) is 10.8. The largest absolute Gasteiger partial charge is 0.495 e. The Bertz CT molecular complexity index is 1590. The molecule has 1 aromatic heterocycles. The average Bonchev–Trinajstić information content (AvgIpc) is 3.43. The summed E-state index contributed by atoms with van der Waals surface area (Å²) >= 11 is 0. The van der Waals surface area contributed by atoms with Crippen LogP contribution in [-0.4, -0.2) is 40.3 Å². The van der Waals surface area contributed by atoms with E-state index in [-0.39, 0.29) is 11.3 Å². The first-order valence-electron chi connectivity index (χ1n) is 13.3. The average molecular weight is 555 g/mol. The number of methoxy groups -OCH3 is 2. The van der Waals surface area contributed by atoms with Gasteiger partial charge in [-0.3, -0.25) is 4.79 Å². The molecule has 0 fully saturated rings. The fourth-order valence-corrected chi connectivity index (χ4v) is 4.79. The van der Waals surface area contributed by atoms with Gasteiger partial charge in [0.25, 0.3) is 5.91 Å². The van der Waals surface area contributed by atoms with Gasteiger partial charge < -0.3 is 24.8 Å². The molecular weight excluding hydrogens is 520 g/mol. The van der Waals surface area contributed by atoms with Gasteiger partial charge in [-0.15, -0.1) is 0 Å². The minimum atomic E-state index is -0.621. The van der Waals surface area contributed by atoms with E-state index < -0.39 is 6.04 Å². The van der Waals surface area contributed by atoms with Gasteiger partial charge in [-0.05, 0) is 63.7 Å². The lowest BCUT2D eigenvalue weighted by molar-refractivity contribution is -0.113. The SMILES string of the molecule is COc1ccccc1NC(=O)C1=C(C)Nc2nnnn2C1c1ccc(OCc2ccc(C(C)(C)C)cc2)c(OC)c1. The van der Waals surface area contributed by atoms with Crippen molar-refractivity contribution in [2.45, 2.75) is 45.8 Å². The lowest BCUT2D eigenvalue weighted by Gasteiger charge is -2.28. The van der Waals surface area contributed by atoms with Crippen LogP contribution >= 0.6 is 0 Å². The van der Waals surface area contributed by atoms with Crippen molar-refractivity contribution in [3.8, 4) is 17.2 Å². The summed E-state index contributed by atoms with van der Waals surface area (Å²) < 4.78 is 18.9. The highest BCUT2D eigenvalue weighted by Gasteiger charge is 2.35. The van der Waals surface area contributed by atoms with E-state index in [1.165, 1.54) is 5.56 Å². The molecule has 1 unspecified atom stereocenters. The molecule has 0 saturated carbocycles. The first-order chi connectivity index (χ1) is 19.7. The lowest BCUT2D eigenvalue weighted by Crippen LogP contribution is -2.31. The summed E-state index contributed by atoms with van der Waals surface area (Å²) in [6, 6.07) is 20.6. The van der Waals surface area contributed by atoms with Crippen LogP contribution in [0.3, 0.4) is 0 Å². The van der Waals surface area contributed by atoms with Gasteiger partial charge in [-0.1, -0.05) is 68.3 Å². The minimum absolute atomic E-state index is 0.0856. The molecule has 10 nitrogen and oxygen atoms in total. The van der Waals surface area contributed by atoms with E-state index in [2.05, 4.69) is 71.2 Å². The highest BCUT2D eigenvalue weighted by molar-refractivity contribution is 6.06. The third kappa shape index (κ3) is 5.72. The Morgan fingerprint density at radius 1 is 0.976 bits per heavy atom. The van der Waals surface area contributed by atoms with Crippen LogP contribution in [0, 0.1) is 0 Å². The van der Waals surface area contributed by atoms with Gasteiger partial charge in [0.2, 0.25) is 5.95 Å². The zero-order chi connectivity index (χ0) is 29.1. The number of benzene rings is 3. The Labute approximate surface area is 239 Å². The first-order valence-corrected chi connectivity index (χ1v) is 13.3. The molecule has 0 bridgehead atoms. The maximum Gasteiger partial charge on any atom is 0.255 e. The van der Waals surface area contributed by atoms with Gasteiger partial charge >= 0.3 is 0 Å². The van der Waals surface area contributed by atoms with E-state index in [1.807, 2.05) is 37.3 Å². The third-order valence-electron chi connectivity index (χ3n) is 7.03. The maximum absolute atomic E-state index is 13.7. The number of fused-ring (bicyclic) bond motifs is 1. The number of para-hydroxylation sites is 2. The van der Waals surface area contributed by atoms with Gasteiger partial charge in [0.1, 0.15) is 18.4 Å². The van der Waals surface area contributed by atoms with Crippen molar-refractivity contribution in [2.24, 2.45) is 0 Å². The standard InChI is InChI=1S/C31H34N6O4/c1-19-27(29(38)33-23-9-7-8-10-24(23)39-5)28(37-30(32-19)34-35-36-37)21-13-16-25(26(17-21)40-6)41-18-20-11-14-22(15-12-20)31(2,3)4/h7-17,28H,18H2,1-6H3,(H,33,38)(H,32,34,36). The van der Waals surface area contributed by atoms with Crippen LogP contribution in [0.4, 0.5) is 11.6 Å². The van der Waals surface area contributed by atoms with Crippen LogP contribution in [0.15, 0.2) is 78.0 Å². The summed E-state index contributed by atoms with van der Waals surface area (Å²) in [5.74, 6) is 1.79. The van der Waals surface area contributed by atoms with Crippen LogP contribution in [-0.2, 0) is 16.8 Å². The quantitative estimate of drug-likeness (QED) is 0.294. The highest BCUT2D eigenvalue weighted by atomic mass is 16.5. The number of allylic oxidation sites excluding steroid dienone is 1. The zero-order valence-electron chi connectivity index (χ0n) is 24.1. The second kappa shape index (κ2) is 11.3. The van der Waals surface area contributed by atoms with Gasteiger partial charge in [0.05, 0.1) is 25.5 Å². The fourth-order valence-electron chi connectivity index (χ4n) is 4.79. The van der Waals surface area contributed by atoms with E-state index in [4.69, 9.17) is 14.2 Å². The lowest BCUT2D eigenvalue weighted by atomic mass is 9.87. The predicted molar refractivity (Wildman–Crippen MR) is 156 cm³/mol. The molecule has 212 valence electrons. The molecule has 2 N–H and O–H groups in total. The van der Waals surface area contributed by atoms with Gasteiger partial charge in [0.15, 0.2) is 11.5 Å². The number of carbonyl (C=O) groups is 1. The van der Waals surface area contributed by atoms with Crippen LogP contribution < -0.4 is 24.8 Å². The molecule has 1 atom stereocenters. The summed E-state index contributed by atoms with van der Waals surface area (Å²) in [5.41, 5.74) is 4.79. The van der Waals surface area contributed by atoms with Crippen molar-refractivity contribution < 1.29 is 19.0 Å². The number of tetrazole rings is 1. The molecule has 1 aliphatic heterocycles. The molecule has 0 saturated heterocycles. The topological polar surface area (TPSA) is 112 Å². The molecule has 1 aliphatic rings. The number of hydrogen-bond acceptors (Lipinski definition) is 8. The molecule has 5 rings (SSSR count). The summed E-state index contributed by atoms with van der Waals surface area (Å²) in [6.45, 7) is 8.78. The van der Waals surface area contributed by atoms with Crippen molar-refractivity contribution in [1.82, 2.24) is 20.2 Å². The minimum Gasteiger partial charge on any atom is -0.495 e. The van der Waals surface area contributed by atoms with E-state index in [0.29, 0.717) is 46.8 Å². The predicted octanol–water partition coefficient (Wildman–Crippen LogP) is 5.49. The molecule has 41 heavy (non-hydrogen) atoms. The summed E-state index contributed by atoms with van der Waals surface area (Å²) in [4.78, 5) is 13.7. The van der Waals surface area contributed by atoms with Gasteiger partial charge in [-0.2, -0.15) is 4.68 Å². The van der Waals surface area contributed by atoms with Crippen LogP contribution in [0.25, 0.3) is 0 Å². The van der Waals surface area contributed by atoms with E-state index in [0.717, 1.165) is 11.1 Å². The molecule has 4 aromatic rings. The number of amides is 1. The summed E-state index contributed by atoms with van der Waals surface area (Å²) in [7, 11) is 3.15. The molecule has 3 aromatic carbocycles. The molecular formula is C31H34N6O4. The monoisotopic (exact) mass is 554 g/mol. The highest BCUT2D eigenvalue weighted by Crippen LogP contribution is 2.39. The van der Waals surface area contributed by atoms with Crippen molar-refractivity contribution >= 4 is 17.5 Å². The van der Waals surface area contributed by atoms with Crippen molar-refractivity contribution in [3.05, 3.63) is 94.7 Å². The molecule has 1 amide bonds. The number of aromatic nitrogens is 4. The first kappa shape index (κ1) is 27.7. The number of nitrogens with one attached hydrogen (secondary N) is 2. The molecule has 0 aliphatic carbocycles. The zero-order valence-corrected chi connectivity index (χ0v) is 24.1. The molecule has 0 radical (unpaired) electrons. The number of hydrogen-bond donors (Lipinski definition) is 2. The third-order valence-corrected chi connectivity index (χ3v) is 7.03. The summed E-state index contributed by atoms with van der Waals surface area (Å²) in [6.07, 6.45) is 0. The Morgan fingerprint density at radius 3 is 2.41 bits per heavy atom. The normalized spacial score (nSPS) is 14.6. The molecule has 0 spiro atoms. The van der Waals surface area contributed by atoms with Crippen LogP contribution in [0.2, 0.25) is 0 Å². The Balaban J connectivity index is 1.43. The Morgan fingerprint density at radius 2 is 1.71 bits per heavy atom. The number of nitrogens with zero attached hydrogens (tertiary/aromatic N) is 4. The van der Waals surface area contributed by atoms with Crippen LogP contribution in [0.1, 0.15) is 50.4 Å². The van der Waals surface area contributed by atoms with E-state index >= 15 is 0 Å². The van der Waals surface area contributed by atoms with Crippen molar-refractivity contribution in [1.29, 1.82) is 0 Å².